The van der Waals surface area contributed by atoms with Gasteiger partial charge in [-0.3, -0.25) is 9.13 Å². The number of rotatable bonds is 5. The summed E-state index contributed by atoms with van der Waals surface area (Å²) >= 11 is 3.52. The predicted molar refractivity (Wildman–Crippen MR) is 316 cm³/mol. The lowest BCUT2D eigenvalue weighted by Crippen LogP contribution is -2.26. The molecule has 0 fully saturated rings. The summed E-state index contributed by atoms with van der Waals surface area (Å²) in [5.41, 5.74) is 21.7. The predicted octanol–water partition coefficient (Wildman–Crippen LogP) is 18.7. The lowest BCUT2D eigenvalue weighted by atomic mass is 9.75. The number of hydrogen-bond donors (Lipinski definition) is 0. The molecule has 0 bridgehead atoms. The summed E-state index contributed by atoms with van der Waals surface area (Å²) in [5, 5.41) is 5.05. The third-order valence-corrected chi connectivity index (χ3v) is 16.6. The second kappa shape index (κ2) is 17.2. The first-order chi connectivity index (χ1) is 36.6. The van der Waals surface area contributed by atoms with E-state index in [1.807, 2.05) is 0 Å². The first-order valence-corrected chi connectivity index (χ1v) is 26.6. The molecule has 0 amide bonds. The van der Waals surface area contributed by atoms with Crippen molar-refractivity contribution < 1.29 is 0 Å². The van der Waals surface area contributed by atoms with Crippen LogP contribution in [0.2, 0.25) is 0 Å². The van der Waals surface area contributed by atoms with Crippen molar-refractivity contribution in [3.05, 3.63) is 263 Å². The molecule has 75 heavy (non-hydrogen) atoms. The van der Waals surface area contributed by atoms with Crippen molar-refractivity contribution in [2.24, 2.45) is 0 Å². The lowest BCUT2D eigenvalue weighted by molar-refractivity contribution is 0.629. The zero-order valence-corrected chi connectivity index (χ0v) is 43.8. The number of para-hydroxylation sites is 4. The second-order valence-electron chi connectivity index (χ2n) is 21.0. The first kappa shape index (κ1) is 45.0. The largest absolute Gasteiger partial charge is 0.292 e. The summed E-state index contributed by atoms with van der Waals surface area (Å²) in [6.45, 7) is 9.25. The molecule has 0 unspecified atom stereocenters. The molecular formula is C70H51BrN4. The number of aromatic nitrogens is 4. The molecule has 5 heteroatoms. The van der Waals surface area contributed by atoms with Crippen LogP contribution >= 0.6 is 15.9 Å². The Hall–Kier alpha value is -8.64. The highest BCUT2D eigenvalue weighted by Gasteiger charge is 2.37. The Morgan fingerprint density at radius 3 is 1.21 bits per heavy atom. The van der Waals surface area contributed by atoms with Crippen LogP contribution in [0.1, 0.15) is 49.9 Å². The van der Waals surface area contributed by atoms with E-state index >= 15 is 0 Å². The van der Waals surface area contributed by atoms with Crippen LogP contribution in [0.15, 0.2) is 241 Å². The van der Waals surface area contributed by atoms with Crippen molar-refractivity contribution in [2.75, 3.05) is 0 Å². The number of imidazole rings is 2. The van der Waals surface area contributed by atoms with E-state index in [2.05, 4.69) is 289 Å². The van der Waals surface area contributed by atoms with E-state index in [-0.39, 0.29) is 10.8 Å². The fraction of sp³-hybridized carbons (Fsp3) is 0.0857. The maximum Gasteiger partial charge on any atom is 0.145 e. The smallest absolute Gasteiger partial charge is 0.145 e. The van der Waals surface area contributed by atoms with Gasteiger partial charge in [0.2, 0.25) is 0 Å². The molecule has 4 nitrogen and oxygen atoms in total. The van der Waals surface area contributed by atoms with Crippen LogP contribution in [0.3, 0.4) is 0 Å². The molecule has 0 saturated carbocycles. The van der Waals surface area contributed by atoms with E-state index in [1.54, 1.807) is 0 Å². The Morgan fingerprint density at radius 1 is 0.320 bits per heavy atom. The SMILES string of the molecule is CC1(C)c2ccccc2-n2c(-c3ccc(-c4ccc5c(-c6ccccc6)c6ccccc6c(-c6ccccc6)c5c4)cc3)nc3cccc1c32.CC1(C)c2ccccc2-n2c(-c3ccc(Br)cc3)nc3cccc1c32. The summed E-state index contributed by atoms with van der Waals surface area (Å²) in [7, 11) is 0. The highest BCUT2D eigenvalue weighted by atomic mass is 79.9. The van der Waals surface area contributed by atoms with Gasteiger partial charge in [-0.15, -0.1) is 0 Å². The van der Waals surface area contributed by atoms with E-state index in [4.69, 9.17) is 9.97 Å². The third-order valence-electron chi connectivity index (χ3n) is 16.1. The normalized spacial score (nSPS) is 13.6. The molecule has 0 aliphatic carbocycles. The Labute approximate surface area is 445 Å². The molecule has 0 spiro atoms. The van der Waals surface area contributed by atoms with Gasteiger partial charge >= 0.3 is 0 Å². The molecule has 2 aliphatic heterocycles. The van der Waals surface area contributed by atoms with E-state index in [0.29, 0.717) is 0 Å². The van der Waals surface area contributed by atoms with Gasteiger partial charge in [-0.1, -0.05) is 238 Å². The zero-order valence-electron chi connectivity index (χ0n) is 42.2. The van der Waals surface area contributed by atoms with Crippen molar-refractivity contribution >= 4 is 59.5 Å². The minimum atomic E-state index is -0.104. The lowest BCUT2D eigenvalue weighted by Gasteiger charge is -2.34. The fourth-order valence-electron chi connectivity index (χ4n) is 12.4. The minimum Gasteiger partial charge on any atom is -0.292 e. The quantitative estimate of drug-likeness (QED) is 0.161. The van der Waals surface area contributed by atoms with Crippen molar-refractivity contribution in [1.29, 1.82) is 0 Å². The van der Waals surface area contributed by atoms with Crippen LogP contribution in [0.4, 0.5) is 0 Å². The van der Waals surface area contributed by atoms with Gasteiger partial charge in [0.25, 0.3) is 0 Å². The highest BCUT2D eigenvalue weighted by Crippen LogP contribution is 2.49. The molecule has 15 rings (SSSR count). The van der Waals surface area contributed by atoms with Crippen LogP contribution in [-0.2, 0) is 10.8 Å². The summed E-state index contributed by atoms with van der Waals surface area (Å²) in [5.74, 6) is 1.98. The Morgan fingerprint density at radius 2 is 0.707 bits per heavy atom. The van der Waals surface area contributed by atoms with Gasteiger partial charge in [0.1, 0.15) is 11.6 Å². The summed E-state index contributed by atoms with van der Waals surface area (Å²) < 4.78 is 5.78. The molecule has 2 aliphatic rings. The molecule has 13 aromatic rings. The van der Waals surface area contributed by atoms with Crippen LogP contribution in [0.25, 0.3) is 111 Å². The van der Waals surface area contributed by atoms with Gasteiger partial charge in [-0.2, -0.15) is 0 Å². The number of halogens is 1. The number of benzene rings is 11. The van der Waals surface area contributed by atoms with Crippen LogP contribution in [0, 0.1) is 0 Å². The average molecular weight is 1030 g/mol. The Kier molecular flexibility index (Phi) is 10.3. The van der Waals surface area contributed by atoms with Gasteiger partial charge in [0, 0.05) is 26.4 Å². The Bertz CT molecular complexity index is 4390. The molecule has 0 radical (unpaired) electrons. The minimum absolute atomic E-state index is 0.0386. The van der Waals surface area contributed by atoms with E-state index in [0.717, 1.165) is 38.3 Å². The van der Waals surface area contributed by atoms with Crippen molar-refractivity contribution in [1.82, 2.24) is 19.1 Å². The number of hydrogen-bond acceptors (Lipinski definition) is 2. The molecule has 2 aromatic heterocycles. The maximum absolute atomic E-state index is 5.24. The summed E-state index contributed by atoms with van der Waals surface area (Å²) in [6, 6.07) is 85.4. The fourth-order valence-corrected chi connectivity index (χ4v) is 12.7. The van der Waals surface area contributed by atoms with E-state index in [9.17, 15) is 0 Å². The van der Waals surface area contributed by atoms with Gasteiger partial charge < -0.3 is 0 Å². The van der Waals surface area contributed by atoms with Crippen molar-refractivity contribution in [3.63, 3.8) is 0 Å². The number of fused-ring (bicyclic) bond motifs is 6. The monoisotopic (exact) mass is 1030 g/mol. The summed E-state index contributed by atoms with van der Waals surface area (Å²) in [4.78, 5) is 10.2. The average Bonchev–Trinajstić information content (AvgIpc) is 4.05. The first-order valence-electron chi connectivity index (χ1n) is 25.8. The van der Waals surface area contributed by atoms with E-state index in [1.165, 1.54) is 99.6 Å². The molecule has 0 N–H and O–H groups in total. The number of nitrogens with zero attached hydrogens (tertiary/aromatic N) is 4. The van der Waals surface area contributed by atoms with Gasteiger partial charge in [-0.25, -0.2) is 9.97 Å². The third kappa shape index (κ3) is 7.02. The van der Waals surface area contributed by atoms with E-state index < -0.39 is 0 Å². The Balaban J connectivity index is 0.000000172. The van der Waals surface area contributed by atoms with Gasteiger partial charge in [0.05, 0.1) is 33.4 Å². The van der Waals surface area contributed by atoms with Crippen LogP contribution < -0.4 is 0 Å². The van der Waals surface area contributed by atoms with Gasteiger partial charge in [-0.05, 0) is 120 Å². The van der Waals surface area contributed by atoms with Crippen molar-refractivity contribution in [3.8, 4) is 67.5 Å². The van der Waals surface area contributed by atoms with Crippen LogP contribution in [0.5, 0.6) is 0 Å². The molecule has 11 aromatic carbocycles. The standard InChI is InChI=1S/C48H34N2.C22H17BrN2/c1-48(2)40-20-11-12-23-43(40)50-46-41(48)21-13-22-42(46)49-47(50)34-26-24-31(25-27-34)35-28-29-38-39(30-35)45(33-16-7-4-8-17-33)37-19-10-9-18-36(37)44(38)32-14-5-3-6-15-32;1-22(2)16-6-3-4-9-19(16)25-20-17(22)7-5-8-18(20)24-21(25)14-10-12-15(23)13-11-14/h3-30H,1-2H3;3-13H,1-2H3. The summed E-state index contributed by atoms with van der Waals surface area (Å²) in [6.07, 6.45) is 0. The molecule has 4 heterocycles. The zero-order chi connectivity index (χ0) is 50.6. The van der Waals surface area contributed by atoms with Gasteiger partial charge in [0.15, 0.2) is 0 Å². The molecular weight excluding hydrogens is 977 g/mol. The molecule has 358 valence electrons. The second-order valence-corrected chi connectivity index (χ2v) is 22.0. The van der Waals surface area contributed by atoms with Crippen molar-refractivity contribution in [2.45, 2.75) is 38.5 Å². The van der Waals surface area contributed by atoms with Crippen LogP contribution in [-0.4, -0.2) is 19.1 Å². The highest BCUT2D eigenvalue weighted by molar-refractivity contribution is 9.10. The molecule has 0 atom stereocenters. The maximum atomic E-state index is 5.24. The molecule has 0 saturated heterocycles. The topological polar surface area (TPSA) is 35.6 Å².